The molecule has 43 heavy (non-hydrogen) atoms. The number of carbonyl (C=O) groups excluding carboxylic acids is 4. The van der Waals surface area contributed by atoms with Crippen LogP contribution in [0.3, 0.4) is 0 Å². The first kappa shape index (κ1) is 29.6. The van der Waals surface area contributed by atoms with Crippen LogP contribution in [0.1, 0.15) is 17.5 Å². The highest BCUT2D eigenvalue weighted by molar-refractivity contribution is 6.24. The van der Waals surface area contributed by atoms with Crippen LogP contribution in [-0.2, 0) is 20.8 Å². The minimum Gasteiger partial charge on any atom is -0.508 e. The molecule has 1 saturated carbocycles. The van der Waals surface area contributed by atoms with Crippen molar-refractivity contribution in [2.45, 2.75) is 24.5 Å². The molecule has 0 aliphatic heterocycles. The summed E-state index contributed by atoms with van der Waals surface area (Å²) in [7, 11) is 6.55. The van der Waals surface area contributed by atoms with Gasteiger partial charge in [0.25, 0.3) is 5.91 Å². The summed E-state index contributed by atoms with van der Waals surface area (Å²) >= 11 is 0. The van der Waals surface area contributed by atoms with Crippen molar-refractivity contribution in [3.63, 3.8) is 0 Å². The van der Waals surface area contributed by atoms with E-state index in [-0.39, 0.29) is 29.7 Å². The lowest BCUT2D eigenvalue weighted by Gasteiger charge is -2.50. The topological polar surface area (TPSA) is 206 Å². The van der Waals surface area contributed by atoms with Gasteiger partial charge in [-0.3, -0.25) is 19.3 Å². The lowest BCUT2D eigenvalue weighted by molar-refractivity contribution is -0.153. The fourth-order valence-electron chi connectivity index (χ4n) is 6.59. The standard InChI is InChI=1S/C30H33N5O8/c1-34(2)18-12-17(33-29(42)32-14-8-6-5-7-9-14)23(36)20-15(18)10-13-11-16-22(35(3)4)25(38)21(28(31)41)27(40)30(16,43)26(39)19(13)24(20)37/h5-9,12-13,16,22,36-37,40,43H,10-11H2,1-4H3,(H2,31,41)(H2,32,33,42)/t13-,16-,22?,30-/m0/s1. The fourth-order valence-corrected chi connectivity index (χ4v) is 6.59. The minimum absolute atomic E-state index is 0.0289. The van der Waals surface area contributed by atoms with Crippen LogP contribution in [0.15, 0.2) is 53.3 Å². The Hall–Kier alpha value is -4.88. The van der Waals surface area contributed by atoms with Gasteiger partial charge in [-0.2, -0.15) is 0 Å². The van der Waals surface area contributed by atoms with Gasteiger partial charge in [-0.1, -0.05) is 18.2 Å². The smallest absolute Gasteiger partial charge is 0.323 e. The normalized spacial score (nSPS) is 24.7. The molecule has 1 unspecified atom stereocenters. The molecule has 5 rings (SSSR count). The average Bonchev–Trinajstić information content (AvgIpc) is 2.92. The third kappa shape index (κ3) is 4.48. The van der Waals surface area contributed by atoms with Gasteiger partial charge in [0.2, 0.25) is 5.78 Å². The molecule has 3 amide bonds. The molecular formula is C30H33N5O8. The number of amides is 3. The highest BCUT2D eigenvalue weighted by atomic mass is 16.3. The van der Waals surface area contributed by atoms with Gasteiger partial charge in [-0.25, -0.2) is 4.79 Å². The van der Waals surface area contributed by atoms with E-state index >= 15 is 0 Å². The molecule has 13 nitrogen and oxygen atoms in total. The molecule has 0 bridgehead atoms. The fraction of sp³-hybridized carbons (Fsp3) is 0.333. The van der Waals surface area contributed by atoms with Gasteiger partial charge < -0.3 is 41.7 Å². The number of aromatic hydroxyl groups is 1. The molecule has 0 saturated heterocycles. The van der Waals surface area contributed by atoms with E-state index in [0.717, 1.165) is 0 Å². The molecule has 1 fully saturated rings. The number of likely N-dealkylation sites (N-methyl/N-ethyl adjacent to an activating group) is 1. The second-order valence-electron chi connectivity index (χ2n) is 11.4. The number of hydrogen-bond acceptors (Lipinski definition) is 10. The van der Waals surface area contributed by atoms with Gasteiger partial charge in [0, 0.05) is 37.0 Å². The summed E-state index contributed by atoms with van der Waals surface area (Å²) in [5.74, 6) is -7.45. The number of urea groups is 1. The lowest BCUT2D eigenvalue weighted by Crippen LogP contribution is -2.65. The maximum Gasteiger partial charge on any atom is 0.323 e. The summed E-state index contributed by atoms with van der Waals surface area (Å²) in [5, 5.41) is 50.9. The van der Waals surface area contributed by atoms with Gasteiger partial charge in [-0.15, -0.1) is 0 Å². The Labute approximate surface area is 246 Å². The van der Waals surface area contributed by atoms with Crippen molar-refractivity contribution in [1.29, 1.82) is 0 Å². The number of rotatable bonds is 5. The molecule has 0 radical (unpaired) electrons. The Morgan fingerprint density at radius 1 is 1.02 bits per heavy atom. The van der Waals surface area contributed by atoms with Crippen LogP contribution in [-0.4, -0.2) is 88.7 Å². The Morgan fingerprint density at radius 2 is 1.67 bits per heavy atom. The third-order valence-corrected chi connectivity index (χ3v) is 8.46. The zero-order chi connectivity index (χ0) is 31.5. The Kier molecular flexibility index (Phi) is 7.19. The van der Waals surface area contributed by atoms with Crippen LogP contribution < -0.4 is 21.3 Å². The number of ketones is 2. The molecule has 3 aliphatic rings. The van der Waals surface area contributed by atoms with E-state index in [2.05, 4.69) is 10.6 Å². The first-order valence-corrected chi connectivity index (χ1v) is 13.5. The second-order valence-corrected chi connectivity index (χ2v) is 11.4. The molecule has 2 aromatic carbocycles. The van der Waals surface area contributed by atoms with Crippen LogP contribution in [0, 0.1) is 11.8 Å². The number of anilines is 3. The quantitative estimate of drug-likeness (QED) is 0.198. The molecular weight excluding hydrogens is 558 g/mol. The molecule has 8 N–H and O–H groups in total. The van der Waals surface area contributed by atoms with Crippen molar-refractivity contribution in [2.24, 2.45) is 17.6 Å². The van der Waals surface area contributed by atoms with Crippen LogP contribution in [0.4, 0.5) is 21.9 Å². The summed E-state index contributed by atoms with van der Waals surface area (Å²) in [6.45, 7) is 0. The molecule has 3 aliphatic carbocycles. The number of nitrogens with zero attached hydrogens (tertiary/aromatic N) is 2. The first-order valence-electron chi connectivity index (χ1n) is 13.5. The van der Waals surface area contributed by atoms with Gasteiger partial charge in [0.05, 0.1) is 17.3 Å². The molecule has 13 heteroatoms. The van der Waals surface area contributed by atoms with E-state index in [1.165, 1.54) is 19.0 Å². The van der Waals surface area contributed by atoms with Crippen molar-refractivity contribution in [2.75, 3.05) is 43.7 Å². The van der Waals surface area contributed by atoms with Crippen LogP contribution in [0.2, 0.25) is 0 Å². The predicted octanol–water partition coefficient (Wildman–Crippen LogP) is 1.67. The van der Waals surface area contributed by atoms with Gasteiger partial charge in [0.1, 0.15) is 17.1 Å². The maximum absolute atomic E-state index is 14.1. The van der Waals surface area contributed by atoms with E-state index in [4.69, 9.17) is 5.73 Å². The summed E-state index contributed by atoms with van der Waals surface area (Å²) in [5.41, 5.74) is 2.79. The molecule has 4 atom stereocenters. The van der Waals surface area contributed by atoms with Crippen molar-refractivity contribution in [3.05, 3.63) is 64.4 Å². The van der Waals surface area contributed by atoms with E-state index in [1.807, 2.05) is 0 Å². The van der Waals surface area contributed by atoms with Crippen molar-refractivity contribution < 1.29 is 39.6 Å². The Morgan fingerprint density at radius 3 is 2.26 bits per heavy atom. The number of hydrogen-bond donors (Lipinski definition) is 7. The number of primary amides is 1. The number of aliphatic hydroxyl groups excluding tert-OH is 2. The van der Waals surface area contributed by atoms with E-state index in [9.17, 15) is 39.6 Å². The summed E-state index contributed by atoms with van der Waals surface area (Å²) < 4.78 is 0. The van der Waals surface area contributed by atoms with Crippen molar-refractivity contribution in [3.8, 4) is 5.75 Å². The van der Waals surface area contributed by atoms with Crippen LogP contribution >= 0.6 is 0 Å². The highest BCUT2D eigenvalue weighted by Crippen LogP contribution is 2.54. The summed E-state index contributed by atoms with van der Waals surface area (Å²) in [6, 6.07) is 8.30. The van der Waals surface area contributed by atoms with Crippen LogP contribution in [0.5, 0.6) is 5.75 Å². The van der Waals surface area contributed by atoms with Gasteiger partial charge in [0.15, 0.2) is 17.1 Å². The SMILES string of the molecule is CN(C)c1cc(NC(=O)Nc2ccccc2)c(O)c2c1C[C@H]1C[C@H]3C(N(C)C)C(=O)C(C(N)=O)=C(O)[C@@]3(O)C(=O)C1=C2O. The number of phenolic OH excluding ortho intramolecular Hbond substituents is 1. The first-order chi connectivity index (χ1) is 20.2. The Bertz CT molecular complexity index is 1630. The number of nitrogens with one attached hydrogen (secondary N) is 2. The molecule has 0 heterocycles. The zero-order valence-electron chi connectivity index (χ0n) is 24.0. The number of Topliss-reactive ketones (excluding diaryl/α,β-unsaturated/α-hetero) is 2. The lowest BCUT2D eigenvalue weighted by atomic mass is 9.57. The maximum atomic E-state index is 14.1. The van der Waals surface area contributed by atoms with Crippen molar-refractivity contribution >= 4 is 46.3 Å². The number of carbonyl (C=O) groups is 4. The van der Waals surface area contributed by atoms with Gasteiger partial charge in [-0.05, 0) is 56.6 Å². The Balaban J connectivity index is 1.65. The predicted molar refractivity (Wildman–Crippen MR) is 158 cm³/mol. The molecule has 2 aromatic rings. The van der Waals surface area contributed by atoms with E-state index in [0.29, 0.717) is 16.9 Å². The number of benzene rings is 2. The monoisotopic (exact) mass is 591 g/mol. The average molecular weight is 592 g/mol. The zero-order valence-corrected chi connectivity index (χ0v) is 24.0. The number of nitrogens with two attached hydrogens (primary N) is 1. The van der Waals surface area contributed by atoms with Crippen LogP contribution in [0.25, 0.3) is 5.76 Å². The minimum atomic E-state index is -2.74. The summed E-state index contributed by atoms with van der Waals surface area (Å²) in [6.07, 6.45) is 0.0883. The molecule has 0 spiro atoms. The second kappa shape index (κ2) is 10.4. The summed E-state index contributed by atoms with van der Waals surface area (Å²) in [4.78, 5) is 55.4. The number of fused-ring (bicyclic) bond motifs is 3. The number of para-hydroxylation sites is 1. The van der Waals surface area contributed by atoms with Gasteiger partial charge >= 0.3 is 6.03 Å². The number of aliphatic hydroxyl groups is 3. The molecule has 0 aromatic heterocycles. The highest BCUT2D eigenvalue weighted by Gasteiger charge is 2.64. The third-order valence-electron chi connectivity index (χ3n) is 8.46. The van der Waals surface area contributed by atoms with E-state index < -0.39 is 69.8 Å². The van der Waals surface area contributed by atoms with E-state index in [1.54, 1.807) is 55.4 Å². The number of phenols is 1. The largest absolute Gasteiger partial charge is 0.508 e. The molecule has 226 valence electrons. The van der Waals surface area contributed by atoms with Crippen molar-refractivity contribution in [1.82, 2.24) is 4.90 Å².